The number of benzene rings is 1. The number of hydrogen-bond donors (Lipinski definition) is 1. The Bertz CT molecular complexity index is 520. The number of hydrogen-bond acceptors (Lipinski definition) is 2. The van der Waals surface area contributed by atoms with Gasteiger partial charge in [0.05, 0.1) is 13.2 Å². The van der Waals surface area contributed by atoms with Crippen molar-refractivity contribution in [3.8, 4) is 0 Å². The van der Waals surface area contributed by atoms with Crippen molar-refractivity contribution in [3.63, 3.8) is 0 Å². The fraction of sp³-hybridized carbons (Fsp3) is 0.529. The fourth-order valence-corrected chi connectivity index (χ4v) is 3.89. The predicted molar refractivity (Wildman–Crippen MR) is 77.3 cm³/mol. The Labute approximate surface area is 114 Å². The molecule has 0 saturated carbocycles. The number of ether oxygens (including phenoxy) is 1. The van der Waals surface area contributed by atoms with Crippen LogP contribution in [0.25, 0.3) is 5.57 Å². The van der Waals surface area contributed by atoms with Crippen LogP contribution in [0, 0.1) is 0 Å². The first-order valence-corrected chi connectivity index (χ1v) is 7.55. The van der Waals surface area contributed by atoms with Crippen LogP contribution in [0.1, 0.15) is 41.9 Å². The summed E-state index contributed by atoms with van der Waals surface area (Å²) < 4.78 is 5.41. The third-order valence-corrected chi connectivity index (χ3v) is 4.90. The third-order valence-electron chi connectivity index (χ3n) is 4.90. The summed E-state index contributed by atoms with van der Waals surface area (Å²) in [6.45, 7) is 2.85. The van der Waals surface area contributed by atoms with Crippen LogP contribution in [0.2, 0.25) is 0 Å². The standard InChI is InChI=1S/C17H21NO/c1-2-15-16-10-13(12-5-8-19-9-6-12)3-4-14(16)11-17(15)18-7-1/h3-5,10,15,17-18H,1-2,6-9,11H2/t15-,17+/m1/s1. The van der Waals surface area contributed by atoms with Crippen LogP contribution < -0.4 is 5.32 Å². The summed E-state index contributed by atoms with van der Waals surface area (Å²) in [7, 11) is 0. The van der Waals surface area contributed by atoms with E-state index in [0.29, 0.717) is 6.04 Å². The van der Waals surface area contributed by atoms with Gasteiger partial charge < -0.3 is 10.1 Å². The summed E-state index contributed by atoms with van der Waals surface area (Å²) in [6, 6.07) is 7.83. The fourth-order valence-electron chi connectivity index (χ4n) is 3.89. The first-order chi connectivity index (χ1) is 9.42. The quantitative estimate of drug-likeness (QED) is 0.833. The molecule has 0 amide bonds. The molecule has 0 unspecified atom stereocenters. The Hall–Kier alpha value is -1.12. The Morgan fingerprint density at radius 1 is 1.26 bits per heavy atom. The van der Waals surface area contributed by atoms with Gasteiger partial charge in [0.25, 0.3) is 0 Å². The Kier molecular flexibility index (Phi) is 2.93. The third kappa shape index (κ3) is 2.03. The minimum atomic E-state index is 0.697. The maximum atomic E-state index is 5.41. The van der Waals surface area contributed by atoms with Gasteiger partial charge in [0, 0.05) is 6.04 Å². The smallest absolute Gasteiger partial charge is 0.0653 e. The zero-order valence-electron chi connectivity index (χ0n) is 11.3. The zero-order valence-corrected chi connectivity index (χ0v) is 11.3. The molecule has 1 fully saturated rings. The maximum Gasteiger partial charge on any atom is 0.0653 e. The highest BCUT2D eigenvalue weighted by molar-refractivity contribution is 5.68. The highest BCUT2D eigenvalue weighted by atomic mass is 16.5. The molecule has 100 valence electrons. The maximum absolute atomic E-state index is 5.41. The van der Waals surface area contributed by atoms with Crippen LogP contribution in [-0.2, 0) is 11.2 Å². The van der Waals surface area contributed by atoms with Gasteiger partial charge >= 0.3 is 0 Å². The van der Waals surface area contributed by atoms with E-state index in [0.717, 1.165) is 25.6 Å². The molecule has 0 aromatic heterocycles. The van der Waals surface area contributed by atoms with Gasteiger partial charge in [-0.2, -0.15) is 0 Å². The summed E-state index contributed by atoms with van der Waals surface area (Å²) in [5.41, 5.74) is 6.08. The molecule has 0 radical (unpaired) electrons. The van der Waals surface area contributed by atoms with Crippen molar-refractivity contribution < 1.29 is 4.74 Å². The van der Waals surface area contributed by atoms with Crippen LogP contribution in [-0.4, -0.2) is 25.8 Å². The van der Waals surface area contributed by atoms with Crippen LogP contribution >= 0.6 is 0 Å². The molecular formula is C17H21NO. The first kappa shape index (κ1) is 11.7. The lowest BCUT2D eigenvalue weighted by atomic mass is 9.88. The molecule has 1 aliphatic carbocycles. The highest BCUT2D eigenvalue weighted by Crippen LogP contribution is 2.40. The van der Waals surface area contributed by atoms with Crippen LogP contribution in [0.4, 0.5) is 0 Å². The summed E-state index contributed by atoms with van der Waals surface area (Å²) in [4.78, 5) is 0. The molecule has 2 heteroatoms. The predicted octanol–water partition coefficient (Wildman–Crippen LogP) is 2.88. The van der Waals surface area contributed by atoms with Crippen molar-refractivity contribution in [1.82, 2.24) is 5.32 Å². The summed E-state index contributed by atoms with van der Waals surface area (Å²) in [5.74, 6) is 0.754. The topological polar surface area (TPSA) is 21.3 Å². The van der Waals surface area contributed by atoms with Crippen molar-refractivity contribution in [2.24, 2.45) is 0 Å². The molecule has 4 rings (SSSR count). The van der Waals surface area contributed by atoms with Crippen molar-refractivity contribution in [2.75, 3.05) is 19.8 Å². The Morgan fingerprint density at radius 3 is 3.16 bits per heavy atom. The molecule has 1 N–H and O–H groups in total. The number of rotatable bonds is 1. The van der Waals surface area contributed by atoms with Gasteiger partial charge in [0.2, 0.25) is 0 Å². The summed E-state index contributed by atoms with van der Waals surface area (Å²) in [5, 5.41) is 3.69. The van der Waals surface area contributed by atoms with Crippen LogP contribution in [0.5, 0.6) is 0 Å². The zero-order chi connectivity index (χ0) is 12.7. The minimum Gasteiger partial charge on any atom is -0.377 e. The molecule has 0 bridgehead atoms. The average molecular weight is 255 g/mol. The Morgan fingerprint density at radius 2 is 2.26 bits per heavy atom. The van der Waals surface area contributed by atoms with Crippen molar-refractivity contribution in [2.45, 2.75) is 37.6 Å². The number of piperidine rings is 1. The lowest BCUT2D eigenvalue weighted by molar-refractivity contribution is 0.161. The monoisotopic (exact) mass is 255 g/mol. The molecule has 2 atom stereocenters. The molecule has 19 heavy (non-hydrogen) atoms. The second-order valence-corrected chi connectivity index (χ2v) is 5.98. The minimum absolute atomic E-state index is 0.697. The number of nitrogens with one attached hydrogen (secondary N) is 1. The van der Waals surface area contributed by atoms with Crippen LogP contribution in [0.15, 0.2) is 24.3 Å². The van der Waals surface area contributed by atoms with Gasteiger partial charge in [-0.3, -0.25) is 0 Å². The van der Waals surface area contributed by atoms with E-state index in [1.807, 2.05) is 0 Å². The lowest BCUT2D eigenvalue weighted by Crippen LogP contribution is -2.37. The van der Waals surface area contributed by atoms with Gasteiger partial charge in [-0.25, -0.2) is 0 Å². The van der Waals surface area contributed by atoms with E-state index in [1.165, 1.54) is 36.9 Å². The molecule has 2 heterocycles. The van der Waals surface area contributed by atoms with E-state index in [-0.39, 0.29) is 0 Å². The largest absolute Gasteiger partial charge is 0.377 e. The normalized spacial score (nSPS) is 29.6. The van der Waals surface area contributed by atoms with E-state index < -0.39 is 0 Å². The molecular weight excluding hydrogens is 234 g/mol. The van der Waals surface area contributed by atoms with Crippen molar-refractivity contribution in [3.05, 3.63) is 41.0 Å². The van der Waals surface area contributed by atoms with Gasteiger partial charge in [-0.15, -0.1) is 0 Å². The highest BCUT2D eigenvalue weighted by Gasteiger charge is 2.34. The molecule has 0 spiro atoms. The summed E-state index contributed by atoms with van der Waals surface area (Å²) >= 11 is 0. The van der Waals surface area contributed by atoms with Crippen molar-refractivity contribution in [1.29, 1.82) is 0 Å². The van der Waals surface area contributed by atoms with Gasteiger partial charge in [-0.1, -0.05) is 24.3 Å². The van der Waals surface area contributed by atoms with Gasteiger partial charge in [0.1, 0.15) is 0 Å². The second kappa shape index (κ2) is 4.77. The molecule has 1 aromatic rings. The second-order valence-electron chi connectivity index (χ2n) is 5.98. The van der Waals surface area contributed by atoms with E-state index in [4.69, 9.17) is 4.74 Å². The van der Waals surface area contributed by atoms with Crippen LogP contribution in [0.3, 0.4) is 0 Å². The van der Waals surface area contributed by atoms with Gasteiger partial charge in [-0.05, 0) is 60.4 Å². The SMILES string of the molecule is C1=C(c2ccc3c(c2)[C@H]2CCCN[C@H]2C3)CCOC1. The Balaban J connectivity index is 1.69. The van der Waals surface area contributed by atoms with E-state index in [1.54, 1.807) is 11.1 Å². The lowest BCUT2D eigenvalue weighted by Gasteiger charge is -2.27. The van der Waals surface area contributed by atoms with E-state index >= 15 is 0 Å². The average Bonchev–Trinajstić information content (AvgIpc) is 2.86. The number of fused-ring (bicyclic) bond motifs is 3. The molecule has 3 aliphatic rings. The van der Waals surface area contributed by atoms with Gasteiger partial charge in [0.15, 0.2) is 0 Å². The van der Waals surface area contributed by atoms with Crippen molar-refractivity contribution >= 4 is 5.57 Å². The molecule has 2 aliphatic heterocycles. The molecule has 2 nitrogen and oxygen atoms in total. The first-order valence-electron chi connectivity index (χ1n) is 7.55. The molecule has 1 saturated heterocycles. The summed E-state index contributed by atoms with van der Waals surface area (Å²) in [6.07, 6.45) is 7.21. The van der Waals surface area contributed by atoms with E-state index in [9.17, 15) is 0 Å². The van der Waals surface area contributed by atoms with E-state index in [2.05, 4.69) is 29.6 Å². The molecule has 1 aromatic carbocycles.